The summed E-state index contributed by atoms with van der Waals surface area (Å²) in [7, 11) is -2.09. The van der Waals surface area contributed by atoms with E-state index >= 15 is 0 Å². The lowest BCUT2D eigenvalue weighted by molar-refractivity contribution is 0.102. The highest BCUT2D eigenvalue weighted by atomic mass is 32.2. The number of rotatable bonds is 11. The van der Waals surface area contributed by atoms with Crippen LogP contribution in [0, 0.1) is 0 Å². The van der Waals surface area contributed by atoms with Crippen LogP contribution >= 0.6 is 0 Å². The molecule has 174 valence electrons. The number of nitrogens with zero attached hydrogens (tertiary/aromatic N) is 1. The molecule has 0 saturated carbocycles. The summed E-state index contributed by atoms with van der Waals surface area (Å²) in [6.45, 7) is 3.08. The lowest BCUT2D eigenvalue weighted by atomic mass is 10.2. The molecule has 33 heavy (non-hydrogen) atoms. The molecule has 0 aliphatic carbocycles. The number of carbonyl (C=O) groups excluding carboxylic acids is 1. The van der Waals surface area contributed by atoms with Crippen LogP contribution in [0.2, 0.25) is 0 Å². The van der Waals surface area contributed by atoms with Crippen molar-refractivity contribution in [1.82, 2.24) is 4.31 Å². The molecule has 1 amide bonds. The van der Waals surface area contributed by atoms with Gasteiger partial charge in [-0.3, -0.25) is 4.79 Å². The predicted octanol–water partition coefficient (Wildman–Crippen LogP) is 5.33. The Morgan fingerprint density at radius 3 is 2.21 bits per heavy atom. The quantitative estimate of drug-likeness (QED) is 0.388. The molecule has 0 aliphatic heterocycles. The maximum atomic E-state index is 12.9. The number of sulfonamides is 1. The summed E-state index contributed by atoms with van der Waals surface area (Å²) in [5.41, 5.74) is 1.92. The number of amides is 1. The van der Waals surface area contributed by atoms with Gasteiger partial charge in [-0.1, -0.05) is 50.1 Å². The number of ether oxygens (including phenoxy) is 1. The van der Waals surface area contributed by atoms with Crippen molar-refractivity contribution in [3.05, 3.63) is 90.0 Å². The van der Waals surface area contributed by atoms with Crippen molar-refractivity contribution in [2.45, 2.75) is 37.6 Å². The molecule has 3 aromatic carbocycles. The summed E-state index contributed by atoms with van der Waals surface area (Å²) in [5.74, 6) is 0.459. The topological polar surface area (TPSA) is 75.7 Å². The van der Waals surface area contributed by atoms with E-state index in [1.54, 1.807) is 43.4 Å². The number of unbranched alkanes of at least 4 members (excludes halogenated alkanes) is 2. The van der Waals surface area contributed by atoms with Crippen molar-refractivity contribution in [2.24, 2.45) is 0 Å². The second kappa shape index (κ2) is 11.6. The number of carbonyl (C=O) groups is 1. The van der Waals surface area contributed by atoms with E-state index in [1.165, 1.54) is 16.4 Å². The fourth-order valence-electron chi connectivity index (χ4n) is 3.26. The SMILES string of the molecule is CCCCCOc1ccc(C(=O)Nc2ccc(S(=O)(=O)N(C)Cc3ccccc3)cc2)cc1. The molecule has 0 unspecified atom stereocenters. The maximum Gasteiger partial charge on any atom is 0.255 e. The van der Waals surface area contributed by atoms with E-state index in [4.69, 9.17) is 4.74 Å². The zero-order valence-corrected chi connectivity index (χ0v) is 19.8. The first kappa shape index (κ1) is 24.5. The van der Waals surface area contributed by atoms with E-state index in [9.17, 15) is 13.2 Å². The van der Waals surface area contributed by atoms with Crippen LogP contribution in [-0.4, -0.2) is 32.3 Å². The van der Waals surface area contributed by atoms with Gasteiger partial charge in [0.15, 0.2) is 0 Å². The highest BCUT2D eigenvalue weighted by Gasteiger charge is 2.21. The normalized spacial score (nSPS) is 11.4. The first-order chi connectivity index (χ1) is 15.9. The number of anilines is 1. The van der Waals surface area contributed by atoms with Crippen LogP contribution in [0.15, 0.2) is 83.8 Å². The molecule has 0 bridgehead atoms. The molecule has 3 rings (SSSR count). The van der Waals surface area contributed by atoms with Gasteiger partial charge in [-0.2, -0.15) is 4.31 Å². The molecule has 1 N–H and O–H groups in total. The Kier molecular flexibility index (Phi) is 8.63. The summed E-state index contributed by atoms with van der Waals surface area (Å²) < 4.78 is 32.7. The van der Waals surface area contributed by atoms with Gasteiger partial charge in [0.25, 0.3) is 5.91 Å². The Labute approximate surface area is 196 Å². The molecule has 0 atom stereocenters. The van der Waals surface area contributed by atoms with Gasteiger partial charge in [0.1, 0.15) is 5.75 Å². The Bertz CT molecular complexity index is 1130. The lowest BCUT2D eigenvalue weighted by Gasteiger charge is -2.17. The third kappa shape index (κ3) is 6.91. The first-order valence-corrected chi connectivity index (χ1v) is 12.5. The third-order valence-electron chi connectivity index (χ3n) is 5.20. The van der Waals surface area contributed by atoms with Gasteiger partial charge in [-0.15, -0.1) is 0 Å². The van der Waals surface area contributed by atoms with Crippen LogP contribution in [-0.2, 0) is 16.6 Å². The number of hydrogen-bond acceptors (Lipinski definition) is 4. The molecule has 0 radical (unpaired) electrons. The zero-order valence-electron chi connectivity index (χ0n) is 19.0. The molecule has 6 nitrogen and oxygen atoms in total. The molecule has 0 aliphatic rings. The summed E-state index contributed by atoms with van der Waals surface area (Å²) in [6.07, 6.45) is 3.27. The third-order valence-corrected chi connectivity index (χ3v) is 7.02. The second-order valence-electron chi connectivity index (χ2n) is 7.81. The highest BCUT2D eigenvalue weighted by Crippen LogP contribution is 2.20. The van der Waals surface area contributed by atoms with Crippen molar-refractivity contribution in [1.29, 1.82) is 0 Å². The fraction of sp³-hybridized carbons (Fsp3) is 0.269. The van der Waals surface area contributed by atoms with Crippen LogP contribution in [0.5, 0.6) is 5.75 Å². The Morgan fingerprint density at radius 2 is 1.58 bits per heavy atom. The van der Waals surface area contributed by atoms with Crippen molar-refractivity contribution in [2.75, 3.05) is 19.0 Å². The first-order valence-electron chi connectivity index (χ1n) is 11.0. The number of hydrogen-bond donors (Lipinski definition) is 1. The molecular weight excluding hydrogens is 436 g/mol. The van der Waals surface area contributed by atoms with Crippen molar-refractivity contribution < 1.29 is 17.9 Å². The number of nitrogens with one attached hydrogen (secondary N) is 1. The van der Waals surface area contributed by atoms with E-state index in [2.05, 4.69) is 12.2 Å². The van der Waals surface area contributed by atoms with Crippen LogP contribution < -0.4 is 10.1 Å². The summed E-state index contributed by atoms with van der Waals surface area (Å²) in [4.78, 5) is 12.7. The highest BCUT2D eigenvalue weighted by molar-refractivity contribution is 7.89. The van der Waals surface area contributed by atoms with Crippen molar-refractivity contribution >= 4 is 21.6 Å². The summed E-state index contributed by atoms with van der Waals surface area (Å²) >= 11 is 0. The van der Waals surface area contributed by atoms with Gasteiger partial charge >= 0.3 is 0 Å². The average Bonchev–Trinajstić information content (AvgIpc) is 2.83. The maximum absolute atomic E-state index is 12.9. The van der Waals surface area contributed by atoms with E-state index in [1.807, 2.05) is 30.3 Å². The fourth-order valence-corrected chi connectivity index (χ4v) is 4.42. The standard InChI is InChI=1S/C26H30N2O4S/c1-3-4-8-19-32-24-15-11-22(12-16-24)26(29)27-23-13-17-25(18-14-23)33(30,31)28(2)20-21-9-6-5-7-10-21/h5-7,9-18H,3-4,8,19-20H2,1-2H3,(H,27,29). The Morgan fingerprint density at radius 1 is 0.909 bits per heavy atom. The molecule has 0 saturated heterocycles. The van der Waals surface area contributed by atoms with Crippen LogP contribution in [0.1, 0.15) is 42.1 Å². The minimum atomic E-state index is -3.64. The van der Waals surface area contributed by atoms with E-state index in [-0.39, 0.29) is 17.3 Å². The second-order valence-corrected chi connectivity index (χ2v) is 9.85. The predicted molar refractivity (Wildman–Crippen MR) is 131 cm³/mol. The van der Waals surface area contributed by atoms with E-state index in [0.29, 0.717) is 17.9 Å². The van der Waals surface area contributed by atoms with Crippen LogP contribution in [0.25, 0.3) is 0 Å². The molecule has 7 heteroatoms. The van der Waals surface area contributed by atoms with E-state index < -0.39 is 10.0 Å². The van der Waals surface area contributed by atoms with Gasteiger partial charge in [-0.25, -0.2) is 8.42 Å². The lowest BCUT2D eigenvalue weighted by Crippen LogP contribution is -2.26. The van der Waals surface area contributed by atoms with Crippen molar-refractivity contribution in [3.63, 3.8) is 0 Å². The molecule has 0 spiro atoms. The smallest absolute Gasteiger partial charge is 0.255 e. The number of benzene rings is 3. The van der Waals surface area contributed by atoms with Crippen LogP contribution in [0.4, 0.5) is 5.69 Å². The average molecular weight is 467 g/mol. The zero-order chi connectivity index (χ0) is 23.7. The van der Waals surface area contributed by atoms with Gasteiger partial charge in [0.2, 0.25) is 10.0 Å². The minimum absolute atomic E-state index is 0.170. The largest absolute Gasteiger partial charge is 0.494 e. The van der Waals surface area contributed by atoms with Gasteiger partial charge in [0, 0.05) is 24.8 Å². The van der Waals surface area contributed by atoms with Crippen LogP contribution in [0.3, 0.4) is 0 Å². The molecule has 0 fully saturated rings. The Hall–Kier alpha value is -3.16. The van der Waals surface area contributed by atoms with Gasteiger partial charge in [0.05, 0.1) is 11.5 Å². The minimum Gasteiger partial charge on any atom is -0.494 e. The van der Waals surface area contributed by atoms with Gasteiger partial charge in [-0.05, 0) is 60.5 Å². The molecule has 3 aromatic rings. The Balaban J connectivity index is 1.59. The molecule has 0 heterocycles. The monoisotopic (exact) mass is 466 g/mol. The molecular formula is C26H30N2O4S. The van der Waals surface area contributed by atoms with Crippen molar-refractivity contribution in [3.8, 4) is 5.75 Å². The van der Waals surface area contributed by atoms with Gasteiger partial charge < -0.3 is 10.1 Å². The summed E-state index contributed by atoms with van der Waals surface area (Å²) in [5, 5.41) is 2.80. The van der Waals surface area contributed by atoms with E-state index in [0.717, 1.165) is 30.6 Å². The summed E-state index contributed by atoms with van der Waals surface area (Å²) in [6, 6.07) is 22.6. The molecule has 0 aromatic heterocycles.